The molecule has 37 heavy (non-hydrogen) atoms. The van der Waals surface area contributed by atoms with Crippen LogP contribution in [0.3, 0.4) is 0 Å². The van der Waals surface area contributed by atoms with Gasteiger partial charge in [0.1, 0.15) is 5.76 Å². The largest absolute Gasteiger partial charge is 0.507 e. The summed E-state index contributed by atoms with van der Waals surface area (Å²) >= 11 is 0. The van der Waals surface area contributed by atoms with Crippen molar-refractivity contribution in [2.45, 2.75) is 32.7 Å². The number of ketones is 1. The molecule has 2 saturated heterocycles. The minimum absolute atomic E-state index is 0.0811. The van der Waals surface area contributed by atoms with Crippen LogP contribution in [-0.4, -0.2) is 79.7 Å². The monoisotopic (exact) mass is 508 g/mol. The number of likely N-dealkylation sites (tertiary alicyclic amines) is 1. The first-order valence-corrected chi connectivity index (χ1v) is 12.9. The highest BCUT2D eigenvalue weighted by molar-refractivity contribution is 6.46. The number of benzene rings is 2. The van der Waals surface area contributed by atoms with Gasteiger partial charge < -0.3 is 24.2 Å². The number of aryl methyl sites for hydroxylation is 1. The van der Waals surface area contributed by atoms with Gasteiger partial charge in [-0.05, 0) is 31.0 Å². The lowest BCUT2D eigenvalue weighted by atomic mass is 9.94. The van der Waals surface area contributed by atoms with E-state index in [4.69, 9.17) is 14.2 Å². The van der Waals surface area contributed by atoms with Gasteiger partial charge in [-0.1, -0.05) is 49.2 Å². The summed E-state index contributed by atoms with van der Waals surface area (Å²) < 4.78 is 16.9. The Morgan fingerprint density at radius 2 is 1.78 bits per heavy atom. The predicted octanol–water partition coefficient (Wildman–Crippen LogP) is 3.94. The number of hydrogen-bond acceptors (Lipinski definition) is 7. The van der Waals surface area contributed by atoms with Gasteiger partial charge in [0.15, 0.2) is 11.5 Å². The summed E-state index contributed by atoms with van der Waals surface area (Å²) in [5, 5.41) is 11.3. The minimum atomic E-state index is -0.749. The molecule has 2 heterocycles. The lowest BCUT2D eigenvalue weighted by Gasteiger charge is -2.31. The van der Waals surface area contributed by atoms with E-state index in [0.717, 1.165) is 31.5 Å². The van der Waals surface area contributed by atoms with Gasteiger partial charge in [0.25, 0.3) is 11.7 Å². The summed E-state index contributed by atoms with van der Waals surface area (Å²) in [5.41, 5.74) is 2.28. The molecule has 1 atom stereocenters. The summed E-state index contributed by atoms with van der Waals surface area (Å²) in [5.74, 6) is -0.368. The number of morpholine rings is 1. The topological polar surface area (TPSA) is 88.5 Å². The molecule has 0 radical (unpaired) electrons. The van der Waals surface area contributed by atoms with Crippen LogP contribution in [0.5, 0.6) is 11.5 Å². The number of rotatable bonds is 10. The van der Waals surface area contributed by atoms with Gasteiger partial charge in [0.2, 0.25) is 0 Å². The summed E-state index contributed by atoms with van der Waals surface area (Å²) in [6.45, 7) is 8.40. The summed E-state index contributed by atoms with van der Waals surface area (Å²) in [4.78, 5) is 30.4. The third-order valence-electron chi connectivity index (χ3n) is 6.88. The molecule has 0 aliphatic carbocycles. The average Bonchev–Trinajstić information content (AvgIpc) is 3.17. The van der Waals surface area contributed by atoms with Crippen LogP contribution in [0.15, 0.2) is 48.0 Å². The van der Waals surface area contributed by atoms with Crippen LogP contribution in [0.4, 0.5) is 0 Å². The van der Waals surface area contributed by atoms with Crippen molar-refractivity contribution in [1.82, 2.24) is 9.80 Å². The molecule has 0 bridgehead atoms. The standard InChI is InChI=1S/C29H36N2O6/c1-4-5-16-37-23-11-10-22(19-24(23)35-3)26-25(27(32)21-8-6-20(2)7-9-21)28(33)29(34)31(26)13-12-30-14-17-36-18-15-30/h6-11,19,26,32H,4-5,12-18H2,1-3H3/b27-25+. The van der Waals surface area contributed by atoms with Crippen molar-refractivity contribution in [1.29, 1.82) is 0 Å². The van der Waals surface area contributed by atoms with Gasteiger partial charge in [-0.2, -0.15) is 0 Å². The molecule has 4 rings (SSSR count). The number of ether oxygens (including phenoxy) is 3. The smallest absolute Gasteiger partial charge is 0.295 e. The SMILES string of the molecule is CCCCOc1ccc(C2/C(=C(\O)c3ccc(C)cc3)C(=O)C(=O)N2CCN2CCOCC2)cc1OC. The van der Waals surface area contributed by atoms with Crippen molar-refractivity contribution < 1.29 is 28.9 Å². The van der Waals surface area contributed by atoms with Gasteiger partial charge in [0, 0.05) is 31.7 Å². The zero-order valence-electron chi connectivity index (χ0n) is 21.9. The first-order chi connectivity index (χ1) is 17.9. The molecule has 0 saturated carbocycles. The molecule has 0 aromatic heterocycles. The van der Waals surface area contributed by atoms with Crippen LogP contribution < -0.4 is 9.47 Å². The molecule has 1 amide bonds. The highest BCUT2D eigenvalue weighted by atomic mass is 16.5. The highest BCUT2D eigenvalue weighted by Crippen LogP contribution is 2.42. The molecule has 1 N–H and O–H groups in total. The Kier molecular flexibility index (Phi) is 8.84. The van der Waals surface area contributed by atoms with Crippen molar-refractivity contribution in [2.24, 2.45) is 0 Å². The Balaban J connectivity index is 1.73. The number of aliphatic hydroxyl groups is 1. The second-order valence-corrected chi connectivity index (χ2v) is 9.42. The van der Waals surface area contributed by atoms with Crippen molar-refractivity contribution in [3.8, 4) is 11.5 Å². The molecule has 2 aromatic carbocycles. The minimum Gasteiger partial charge on any atom is -0.507 e. The van der Waals surface area contributed by atoms with Crippen molar-refractivity contribution in [2.75, 3.05) is 53.1 Å². The second-order valence-electron chi connectivity index (χ2n) is 9.42. The molecule has 198 valence electrons. The van der Waals surface area contributed by atoms with E-state index in [1.165, 1.54) is 0 Å². The fourth-order valence-electron chi connectivity index (χ4n) is 4.70. The summed E-state index contributed by atoms with van der Waals surface area (Å²) in [7, 11) is 1.56. The maximum Gasteiger partial charge on any atom is 0.295 e. The second kappa shape index (κ2) is 12.3. The number of carbonyl (C=O) groups is 2. The number of carbonyl (C=O) groups excluding carboxylic acids is 2. The Labute approximate surface area is 218 Å². The van der Waals surface area contributed by atoms with Crippen molar-refractivity contribution in [3.05, 3.63) is 64.7 Å². The average molecular weight is 509 g/mol. The third-order valence-corrected chi connectivity index (χ3v) is 6.88. The van der Waals surface area contributed by atoms with E-state index in [2.05, 4.69) is 11.8 Å². The van der Waals surface area contributed by atoms with Crippen LogP contribution in [-0.2, 0) is 14.3 Å². The van der Waals surface area contributed by atoms with Gasteiger partial charge in [-0.25, -0.2) is 0 Å². The van der Waals surface area contributed by atoms with Crippen molar-refractivity contribution >= 4 is 17.4 Å². The number of hydrogen-bond donors (Lipinski definition) is 1. The van der Waals surface area contributed by atoms with E-state index in [0.29, 0.717) is 55.5 Å². The Bertz CT molecular complexity index is 1140. The number of unbranched alkanes of at least 4 members (excludes halogenated alkanes) is 1. The molecule has 2 aliphatic heterocycles. The van der Waals surface area contributed by atoms with Gasteiger partial charge in [0.05, 0.1) is 38.5 Å². The van der Waals surface area contributed by atoms with Gasteiger partial charge in [-0.15, -0.1) is 0 Å². The molecule has 2 aromatic rings. The molecule has 1 unspecified atom stereocenters. The van der Waals surface area contributed by atoms with Crippen molar-refractivity contribution in [3.63, 3.8) is 0 Å². The molecule has 8 heteroatoms. The Morgan fingerprint density at radius 3 is 2.46 bits per heavy atom. The van der Waals surface area contributed by atoms with E-state index in [1.807, 2.05) is 25.1 Å². The van der Waals surface area contributed by atoms with Gasteiger partial charge in [-0.3, -0.25) is 14.5 Å². The van der Waals surface area contributed by atoms with E-state index in [9.17, 15) is 14.7 Å². The number of Topliss-reactive ketones (excluding diaryl/α,β-unsaturated/α-hetero) is 1. The molecule has 2 fully saturated rings. The summed E-state index contributed by atoms with van der Waals surface area (Å²) in [6, 6.07) is 11.9. The quantitative estimate of drug-likeness (QED) is 0.225. The number of amides is 1. The normalized spacial score (nSPS) is 19.9. The highest BCUT2D eigenvalue weighted by Gasteiger charge is 2.46. The fraction of sp³-hybridized carbons (Fsp3) is 0.448. The number of aliphatic hydroxyl groups excluding tert-OH is 1. The van der Waals surface area contributed by atoms with E-state index >= 15 is 0 Å². The van der Waals surface area contributed by atoms with Crippen LogP contribution in [0.25, 0.3) is 5.76 Å². The third kappa shape index (κ3) is 5.97. The molecular formula is C29H36N2O6. The molecule has 2 aliphatic rings. The van der Waals surface area contributed by atoms with Gasteiger partial charge >= 0.3 is 0 Å². The van der Waals surface area contributed by atoms with Crippen LogP contribution >= 0.6 is 0 Å². The first-order valence-electron chi connectivity index (χ1n) is 12.9. The Hall–Kier alpha value is -3.36. The zero-order valence-corrected chi connectivity index (χ0v) is 21.9. The fourth-order valence-corrected chi connectivity index (χ4v) is 4.70. The van der Waals surface area contributed by atoms with E-state index in [1.54, 1.807) is 36.3 Å². The first kappa shape index (κ1) is 26.7. The lowest BCUT2D eigenvalue weighted by Crippen LogP contribution is -2.42. The van der Waals surface area contributed by atoms with Crippen LogP contribution in [0, 0.1) is 6.92 Å². The number of nitrogens with zero attached hydrogens (tertiary/aromatic N) is 2. The summed E-state index contributed by atoms with van der Waals surface area (Å²) in [6.07, 6.45) is 1.93. The maximum absolute atomic E-state index is 13.3. The molecular weight excluding hydrogens is 472 g/mol. The van der Waals surface area contributed by atoms with Crippen LogP contribution in [0.2, 0.25) is 0 Å². The molecule has 8 nitrogen and oxygen atoms in total. The lowest BCUT2D eigenvalue weighted by molar-refractivity contribution is -0.140. The number of methoxy groups -OCH3 is 1. The van der Waals surface area contributed by atoms with Crippen LogP contribution in [0.1, 0.15) is 42.5 Å². The Morgan fingerprint density at radius 1 is 1.05 bits per heavy atom. The maximum atomic E-state index is 13.3. The molecule has 0 spiro atoms. The predicted molar refractivity (Wildman–Crippen MR) is 141 cm³/mol. The zero-order chi connectivity index (χ0) is 26.4. The van der Waals surface area contributed by atoms with E-state index < -0.39 is 17.7 Å². The van der Waals surface area contributed by atoms with E-state index in [-0.39, 0.29) is 11.3 Å².